The molecule has 0 fully saturated rings. The van der Waals surface area contributed by atoms with Gasteiger partial charge in [-0.2, -0.15) is 0 Å². The van der Waals surface area contributed by atoms with Crippen molar-refractivity contribution in [3.05, 3.63) is 53.5 Å². The van der Waals surface area contributed by atoms with Crippen molar-refractivity contribution in [2.75, 3.05) is 39.7 Å². The maximum atomic E-state index is 12.6. The molecule has 2 aromatic carbocycles. The van der Waals surface area contributed by atoms with Crippen molar-refractivity contribution in [1.82, 2.24) is 9.88 Å². The first-order valence-electron chi connectivity index (χ1n) is 9.90. The summed E-state index contributed by atoms with van der Waals surface area (Å²) in [5.74, 6) is 1.86. The summed E-state index contributed by atoms with van der Waals surface area (Å²) in [5, 5.41) is 5.77. The second kappa shape index (κ2) is 10.8. The summed E-state index contributed by atoms with van der Waals surface area (Å²) in [7, 11) is 4.82. The van der Waals surface area contributed by atoms with E-state index in [2.05, 4.69) is 5.32 Å². The van der Waals surface area contributed by atoms with Crippen LogP contribution in [-0.2, 0) is 11.3 Å². The summed E-state index contributed by atoms with van der Waals surface area (Å²) in [6, 6.07) is 13.1. The first kappa shape index (κ1) is 22.6. The molecule has 0 aliphatic heterocycles. The number of hydrogen-bond donors (Lipinski definition) is 1. The number of carbonyl (C=O) groups excluding carboxylic acids is 1. The van der Waals surface area contributed by atoms with E-state index in [0.29, 0.717) is 36.0 Å². The highest BCUT2D eigenvalue weighted by molar-refractivity contribution is 7.13. The Morgan fingerprint density at radius 1 is 1.03 bits per heavy atom. The standard InChI is InChI=1S/C23H27N3O4S/c1-5-26(14-21(27)25-18-10-6-7-11-19(18)28-2)13-16-15-31-23(24-16)17-9-8-12-20(29-3)22(17)30-4/h6-12,15H,5,13-14H2,1-4H3,(H,25,27). The molecule has 1 N–H and O–H groups in total. The van der Waals surface area contributed by atoms with Crippen LogP contribution in [0.4, 0.5) is 5.69 Å². The van der Waals surface area contributed by atoms with Gasteiger partial charge in [-0.25, -0.2) is 4.98 Å². The lowest BCUT2D eigenvalue weighted by atomic mass is 10.2. The number of ether oxygens (including phenoxy) is 3. The summed E-state index contributed by atoms with van der Waals surface area (Å²) in [4.78, 5) is 19.4. The van der Waals surface area contributed by atoms with Crippen molar-refractivity contribution in [1.29, 1.82) is 0 Å². The van der Waals surface area contributed by atoms with Gasteiger partial charge in [0.05, 0.1) is 44.8 Å². The fourth-order valence-electron chi connectivity index (χ4n) is 3.21. The monoisotopic (exact) mass is 441 g/mol. The number of thiazole rings is 1. The quantitative estimate of drug-likeness (QED) is 0.506. The Balaban J connectivity index is 1.68. The van der Waals surface area contributed by atoms with Crippen molar-refractivity contribution in [2.45, 2.75) is 13.5 Å². The first-order chi connectivity index (χ1) is 15.1. The molecule has 0 bridgehead atoms. The van der Waals surface area contributed by atoms with Crippen molar-refractivity contribution in [3.8, 4) is 27.8 Å². The van der Waals surface area contributed by atoms with Gasteiger partial charge in [0.1, 0.15) is 10.8 Å². The van der Waals surface area contributed by atoms with Crippen LogP contribution in [0.3, 0.4) is 0 Å². The fourth-order valence-corrected chi connectivity index (χ4v) is 4.04. The fraction of sp³-hybridized carbons (Fsp3) is 0.304. The zero-order chi connectivity index (χ0) is 22.2. The molecule has 1 heterocycles. The van der Waals surface area contributed by atoms with Crippen LogP contribution in [0.1, 0.15) is 12.6 Å². The van der Waals surface area contributed by atoms with E-state index in [9.17, 15) is 4.79 Å². The summed E-state index contributed by atoms with van der Waals surface area (Å²) in [6.45, 7) is 3.56. The van der Waals surface area contributed by atoms with E-state index < -0.39 is 0 Å². The molecule has 3 rings (SSSR count). The molecule has 0 saturated heterocycles. The summed E-state index contributed by atoms with van der Waals surface area (Å²) >= 11 is 1.54. The zero-order valence-electron chi connectivity index (χ0n) is 18.2. The molecule has 8 heteroatoms. The predicted molar refractivity (Wildman–Crippen MR) is 123 cm³/mol. The van der Waals surface area contributed by atoms with E-state index in [1.807, 2.05) is 59.7 Å². The molecule has 164 valence electrons. The van der Waals surface area contributed by atoms with Gasteiger partial charge in [0.2, 0.25) is 5.91 Å². The molecular formula is C23H27N3O4S. The number of para-hydroxylation sites is 3. The lowest BCUT2D eigenvalue weighted by molar-refractivity contribution is -0.117. The Kier molecular flexibility index (Phi) is 7.86. The second-order valence-corrected chi connectivity index (χ2v) is 7.59. The Hall–Kier alpha value is -3.10. The van der Waals surface area contributed by atoms with Crippen molar-refractivity contribution in [3.63, 3.8) is 0 Å². The van der Waals surface area contributed by atoms with Crippen LogP contribution in [0.15, 0.2) is 47.8 Å². The van der Waals surface area contributed by atoms with Crippen LogP contribution >= 0.6 is 11.3 Å². The third-order valence-electron chi connectivity index (χ3n) is 4.77. The van der Waals surface area contributed by atoms with Gasteiger partial charge in [0, 0.05) is 11.9 Å². The number of nitrogens with zero attached hydrogens (tertiary/aromatic N) is 2. The smallest absolute Gasteiger partial charge is 0.238 e. The van der Waals surface area contributed by atoms with Gasteiger partial charge in [-0.05, 0) is 30.8 Å². The highest BCUT2D eigenvalue weighted by Crippen LogP contribution is 2.39. The predicted octanol–water partition coefficient (Wildman–Crippen LogP) is 4.30. The molecular weight excluding hydrogens is 414 g/mol. The van der Waals surface area contributed by atoms with Gasteiger partial charge < -0.3 is 19.5 Å². The SMILES string of the molecule is CCN(CC(=O)Nc1ccccc1OC)Cc1csc(-c2cccc(OC)c2OC)n1. The number of nitrogens with one attached hydrogen (secondary N) is 1. The number of carbonyl (C=O) groups is 1. The van der Waals surface area contributed by atoms with E-state index in [4.69, 9.17) is 19.2 Å². The molecule has 3 aromatic rings. The molecule has 31 heavy (non-hydrogen) atoms. The number of amides is 1. The van der Waals surface area contributed by atoms with E-state index in [1.165, 1.54) is 11.3 Å². The van der Waals surface area contributed by atoms with Crippen LogP contribution < -0.4 is 19.5 Å². The third kappa shape index (κ3) is 5.53. The third-order valence-corrected chi connectivity index (χ3v) is 5.69. The van der Waals surface area contributed by atoms with Crippen LogP contribution in [0.25, 0.3) is 10.6 Å². The number of likely N-dealkylation sites (N-methyl/N-ethyl adjacent to an activating group) is 1. The molecule has 0 radical (unpaired) electrons. The van der Waals surface area contributed by atoms with Crippen molar-refractivity contribution < 1.29 is 19.0 Å². The minimum absolute atomic E-state index is 0.101. The Morgan fingerprint density at radius 2 is 1.77 bits per heavy atom. The first-order valence-corrected chi connectivity index (χ1v) is 10.8. The lowest BCUT2D eigenvalue weighted by Crippen LogP contribution is -2.32. The summed E-state index contributed by atoms with van der Waals surface area (Å²) in [6.07, 6.45) is 0. The molecule has 1 aromatic heterocycles. The maximum absolute atomic E-state index is 12.6. The molecule has 0 atom stereocenters. The van der Waals surface area contributed by atoms with Crippen LogP contribution in [0.5, 0.6) is 17.2 Å². The summed E-state index contributed by atoms with van der Waals surface area (Å²) < 4.78 is 16.2. The van der Waals surface area contributed by atoms with Gasteiger partial charge in [-0.3, -0.25) is 9.69 Å². The normalized spacial score (nSPS) is 10.7. The van der Waals surface area contributed by atoms with E-state index in [0.717, 1.165) is 16.3 Å². The van der Waals surface area contributed by atoms with Gasteiger partial charge >= 0.3 is 0 Å². The number of anilines is 1. The number of aromatic nitrogens is 1. The second-order valence-electron chi connectivity index (χ2n) is 6.74. The van der Waals surface area contributed by atoms with Crippen molar-refractivity contribution in [2.24, 2.45) is 0 Å². The Labute approximate surface area is 186 Å². The topological polar surface area (TPSA) is 72.9 Å². The molecule has 0 spiro atoms. The minimum Gasteiger partial charge on any atom is -0.495 e. The summed E-state index contributed by atoms with van der Waals surface area (Å²) in [5.41, 5.74) is 2.44. The average Bonchev–Trinajstić information content (AvgIpc) is 3.26. The lowest BCUT2D eigenvalue weighted by Gasteiger charge is -2.19. The van der Waals surface area contributed by atoms with Crippen LogP contribution in [0, 0.1) is 0 Å². The minimum atomic E-state index is -0.101. The largest absolute Gasteiger partial charge is 0.495 e. The van der Waals surface area contributed by atoms with E-state index in [1.54, 1.807) is 21.3 Å². The van der Waals surface area contributed by atoms with Crippen LogP contribution in [0.2, 0.25) is 0 Å². The molecule has 0 aliphatic rings. The van der Waals surface area contributed by atoms with Gasteiger partial charge in [0.15, 0.2) is 11.5 Å². The van der Waals surface area contributed by atoms with Crippen molar-refractivity contribution >= 4 is 22.9 Å². The van der Waals surface area contributed by atoms with E-state index >= 15 is 0 Å². The molecule has 0 unspecified atom stereocenters. The molecule has 1 amide bonds. The van der Waals surface area contributed by atoms with Crippen LogP contribution in [-0.4, -0.2) is 50.2 Å². The molecule has 0 saturated carbocycles. The highest BCUT2D eigenvalue weighted by atomic mass is 32.1. The maximum Gasteiger partial charge on any atom is 0.238 e. The zero-order valence-corrected chi connectivity index (χ0v) is 19.0. The highest BCUT2D eigenvalue weighted by Gasteiger charge is 2.17. The molecule has 0 aliphatic carbocycles. The van der Waals surface area contributed by atoms with Gasteiger partial charge in [-0.1, -0.05) is 25.1 Å². The number of benzene rings is 2. The molecule has 7 nitrogen and oxygen atoms in total. The average molecular weight is 442 g/mol. The number of rotatable bonds is 10. The van der Waals surface area contributed by atoms with Gasteiger partial charge in [0.25, 0.3) is 0 Å². The number of methoxy groups -OCH3 is 3. The number of hydrogen-bond acceptors (Lipinski definition) is 7. The Bertz CT molecular complexity index is 1020. The van der Waals surface area contributed by atoms with E-state index in [-0.39, 0.29) is 12.5 Å². The Morgan fingerprint density at radius 3 is 2.48 bits per heavy atom. The van der Waals surface area contributed by atoms with Gasteiger partial charge in [-0.15, -0.1) is 11.3 Å².